The predicted octanol–water partition coefficient (Wildman–Crippen LogP) is 3.24. The second-order valence-corrected chi connectivity index (χ2v) is 5.43. The number of aromatic nitrogens is 2. The highest BCUT2D eigenvalue weighted by Gasteiger charge is 2.18. The molecular weight excluding hydrogens is 282 g/mol. The van der Waals surface area contributed by atoms with Crippen molar-refractivity contribution in [1.82, 2.24) is 9.97 Å². The Morgan fingerprint density at radius 3 is 2.71 bits per heavy atom. The van der Waals surface area contributed by atoms with Crippen LogP contribution in [-0.2, 0) is 0 Å². The molecule has 5 nitrogen and oxygen atoms in total. The largest absolute Gasteiger partial charge is 0.383 e. The van der Waals surface area contributed by atoms with E-state index in [0.29, 0.717) is 11.2 Å². The maximum atomic E-state index is 9.43. The highest BCUT2D eigenvalue weighted by atomic mass is 32.1. The van der Waals surface area contributed by atoms with Crippen LogP contribution in [0.25, 0.3) is 21.5 Å². The lowest BCUT2D eigenvalue weighted by molar-refractivity contribution is 1.19. The van der Waals surface area contributed by atoms with Crippen molar-refractivity contribution in [2.24, 2.45) is 0 Å². The monoisotopic (exact) mass is 295 g/mol. The van der Waals surface area contributed by atoms with Crippen LogP contribution >= 0.6 is 11.3 Å². The number of nitrogens with one attached hydrogen (secondary N) is 1. The summed E-state index contributed by atoms with van der Waals surface area (Å²) in [5.74, 6) is 0.220. The topological polar surface area (TPSA) is 87.6 Å². The van der Waals surface area contributed by atoms with Crippen LogP contribution in [0.5, 0.6) is 0 Å². The zero-order valence-corrected chi connectivity index (χ0v) is 12.2. The van der Waals surface area contributed by atoms with Crippen LogP contribution in [0.1, 0.15) is 12.5 Å². The van der Waals surface area contributed by atoms with E-state index in [2.05, 4.69) is 21.4 Å². The Hall–Kier alpha value is -2.65. The molecule has 0 unspecified atom stereocenters. The first-order valence-corrected chi connectivity index (χ1v) is 7.35. The van der Waals surface area contributed by atoms with Gasteiger partial charge in [-0.3, -0.25) is 0 Å². The van der Waals surface area contributed by atoms with Crippen molar-refractivity contribution in [1.29, 1.82) is 5.26 Å². The Morgan fingerprint density at radius 2 is 2.05 bits per heavy atom. The average molecular weight is 295 g/mol. The number of pyridine rings is 1. The molecule has 0 saturated carbocycles. The Labute approximate surface area is 126 Å². The van der Waals surface area contributed by atoms with Crippen molar-refractivity contribution >= 4 is 32.6 Å². The fourth-order valence-corrected chi connectivity index (χ4v) is 3.23. The molecule has 3 aromatic rings. The van der Waals surface area contributed by atoms with E-state index >= 15 is 0 Å². The highest BCUT2D eigenvalue weighted by Crippen LogP contribution is 2.38. The van der Waals surface area contributed by atoms with Gasteiger partial charge in [0.2, 0.25) is 0 Å². The molecule has 3 N–H and O–H groups in total. The predicted molar refractivity (Wildman–Crippen MR) is 86.1 cm³/mol. The average Bonchev–Trinajstić information content (AvgIpc) is 2.89. The van der Waals surface area contributed by atoms with Gasteiger partial charge in [-0.05, 0) is 12.5 Å². The first kappa shape index (κ1) is 13.3. The van der Waals surface area contributed by atoms with Crippen LogP contribution in [0, 0.1) is 11.3 Å². The molecule has 0 spiro atoms. The molecular formula is C15H13N5S. The van der Waals surface area contributed by atoms with Gasteiger partial charge in [-0.2, -0.15) is 5.26 Å². The molecule has 0 bridgehead atoms. The van der Waals surface area contributed by atoms with Gasteiger partial charge < -0.3 is 11.1 Å². The lowest BCUT2D eigenvalue weighted by Crippen LogP contribution is -1.98. The fourth-order valence-electron chi connectivity index (χ4n) is 2.18. The number of hydrogen-bond acceptors (Lipinski definition) is 6. The lowest BCUT2D eigenvalue weighted by atomic mass is 10.0. The number of hydrogen-bond donors (Lipinski definition) is 2. The summed E-state index contributed by atoms with van der Waals surface area (Å²) in [6.45, 7) is 2.79. The normalized spacial score (nSPS) is 10.5. The summed E-state index contributed by atoms with van der Waals surface area (Å²) in [7, 11) is 0. The summed E-state index contributed by atoms with van der Waals surface area (Å²) in [6, 6.07) is 11.9. The van der Waals surface area contributed by atoms with Gasteiger partial charge in [-0.25, -0.2) is 9.97 Å². The molecule has 0 radical (unpaired) electrons. The maximum Gasteiger partial charge on any atom is 0.185 e. The molecule has 3 rings (SSSR count). The molecule has 104 valence electrons. The van der Waals surface area contributed by atoms with Crippen molar-refractivity contribution < 1.29 is 0 Å². The summed E-state index contributed by atoms with van der Waals surface area (Å²) in [4.78, 5) is 8.68. The van der Waals surface area contributed by atoms with Crippen LogP contribution < -0.4 is 11.1 Å². The second kappa shape index (κ2) is 5.38. The van der Waals surface area contributed by atoms with Gasteiger partial charge in [0.05, 0.1) is 4.70 Å². The Balaban J connectivity index is 2.36. The zero-order valence-electron chi connectivity index (χ0n) is 11.4. The van der Waals surface area contributed by atoms with Crippen molar-refractivity contribution in [3.63, 3.8) is 0 Å². The highest BCUT2D eigenvalue weighted by molar-refractivity contribution is 7.22. The molecule has 0 aliphatic carbocycles. The van der Waals surface area contributed by atoms with Gasteiger partial charge in [-0.1, -0.05) is 41.7 Å². The minimum atomic E-state index is 0.220. The van der Waals surface area contributed by atoms with Gasteiger partial charge >= 0.3 is 0 Å². The van der Waals surface area contributed by atoms with Crippen molar-refractivity contribution in [3.05, 3.63) is 35.9 Å². The number of anilines is 2. The third-order valence-corrected chi connectivity index (χ3v) is 4.09. The molecule has 0 aliphatic rings. The van der Waals surface area contributed by atoms with E-state index < -0.39 is 0 Å². The smallest absolute Gasteiger partial charge is 0.185 e. The number of thiazole rings is 1. The van der Waals surface area contributed by atoms with E-state index in [1.165, 1.54) is 11.3 Å². The second-order valence-electron chi connectivity index (χ2n) is 4.43. The summed E-state index contributed by atoms with van der Waals surface area (Å²) in [5.41, 5.74) is 8.66. The molecule has 6 heteroatoms. The molecule has 0 saturated heterocycles. The first-order chi connectivity index (χ1) is 10.2. The number of nitriles is 1. The molecule has 2 aromatic heterocycles. The van der Waals surface area contributed by atoms with E-state index in [9.17, 15) is 5.26 Å². The summed E-state index contributed by atoms with van der Waals surface area (Å²) in [6.07, 6.45) is 0. The van der Waals surface area contributed by atoms with Gasteiger partial charge in [0, 0.05) is 12.1 Å². The molecule has 0 atom stereocenters. The number of nitrogens with zero attached hydrogens (tertiary/aromatic N) is 3. The van der Waals surface area contributed by atoms with Crippen molar-refractivity contribution in [3.8, 4) is 17.2 Å². The van der Waals surface area contributed by atoms with Crippen molar-refractivity contribution in [2.75, 3.05) is 17.6 Å². The first-order valence-electron chi connectivity index (χ1n) is 6.54. The van der Waals surface area contributed by atoms with Crippen LogP contribution in [0.3, 0.4) is 0 Å². The Morgan fingerprint density at radius 1 is 1.29 bits per heavy atom. The maximum absolute atomic E-state index is 9.43. The third-order valence-electron chi connectivity index (χ3n) is 3.07. The van der Waals surface area contributed by atoms with Crippen LogP contribution in [-0.4, -0.2) is 16.5 Å². The van der Waals surface area contributed by atoms with Crippen LogP contribution in [0.2, 0.25) is 0 Å². The molecule has 0 aliphatic heterocycles. The molecule has 0 amide bonds. The number of nitrogen functional groups attached to an aromatic ring is 1. The Bertz CT molecular complexity index is 833. The summed E-state index contributed by atoms with van der Waals surface area (Å²) >= 11 is 1.49. The molecule has 0 fully saturated rings. The summed E-state index contributed by atoms with van der Waals surface area (Å²) in [5, 5.41) is 13.4. The van der Waals surface area contributed by atoms with Crippen LogP contribution in [0.4, 0.5) is 10.9 Å². The van der Waals surface area contributed by atoms with Gasteiger partial charge in [-0.15, -0.1) is 0 Å². The van der Waals surface area contributed by atoms with Gasteiger partial charge in [0.1, 0.15) is 17.5 Å². The van der Waals surface area contributed by atoms with Gasteiger partial charge in [0.25, 0.3) is 0 Å². The SMILES string of the molecule is CCNc1nc2nc(N)c(C#N)c(-c3ccccc3)c2s1. The number of benzene rings is 1. The van der Waals surface area contributed by atoms with E-state index in [4.69, 9.17) is 5.73 Å². The van der Waals surface area contributed by atoms with E-state index in [-0.39, 0.29) is 5.82 Å². The minimum absolute atomic E-state index is 0.220. The van der Waals surface area contributed by atoms with E-state index in [1.807, 2.05) is 37.3 Å². The quantitative estimate of drug-likeness (QED) is 0.774. The molecule has 21 heavy (non-hydrogen) atoms. The number of rotatable bonds is 3. The number of nitrogens with two attached hydrogens (primary N) is 1. The minimum Gasteiger partial charge on any atom is -0.383 e. The van der Waals surface area contributed by atoms with Crippen molar-refractivity contribution in [2.45, 2.75) is 6.92 Å². The zero-order chi connectivity index (χ0) is 14.8. The van der Waals surface area contributed by atoms with E-state index in [0.717, 1.165) is 27.5 Å². The van der Waals surface area contributed by atoms with Gasteiger partial charge in [0.15, 0.2) is 10.8 Å². The Kier molecular flexibility index (Phi) is 3.42. The number of fused-ring (bicyclic) bond motifs is 1. The third kappa shape index (κ3) is 2.28. The summed E-state index contributed by atoms with van der Waals surface area (Å²) < 4.78 is 0.878. The molecule has 1 aromatic carbocycles. The molecule has 2 heterocycles. The van der Waals surface area contributed by atoms with Crippen LogP contribution in [0.15, 0.2) is 30.3 Å². The standard InChI is InChI=1S/C15H13N5S/c1-2-18-15-20-14-12(21-15)11(9-6-4-3-5-7-9)10(8-16)13(17)19-14/h3-7H,2H2,1H3,(H3,17,18,19,20). The van der Waals surface area contributed by atoms with E-state index in [1.54, 1.807) is 0 Å². The fraction of sp³-hybridized carbons (Fsp3) is 0.133. The lowest BCUT2D eigenvalue weighted by Gasteiger charge is -2.07.